The molecule has 1 aliphatic carbocycles. The van der Waals surface area contributed by atoms with Crippen LogP contribution in [0.25, 0.3) is 11.1 Å². The van der Waals surface area contributed by atoms with Crippen LogP contribution in [0, 0.1) is 11.2 Å². The first kappa shape index (κ1) is 22.9. The third-order valence-electron chi connectivity index (χ3n) is 7.83. The molecule has 9 heteroatoms. The predicted molar refractivity (Wildman–Crippen MR) is 130 cm³/mol. The average molecular weight is 486 g/mol. The van der Waals surface area contributed by atoms with Gasteiger partial charge in [0.2, 0.25) is 5.91 Å². The molecule has 2 amide bonds. The van der Waals surface area contributed by atoms with Gasteiger partial charge in [0.05, 0.1) is 16.0 Å². The molecule has 7 nitrogen and oxygen atoms in total. The van der Waals surface area contributed by atoms with Crippen molar-refractivity contribution in [3.63, 3.8) is 0 Å². The Balaban J connectivity index is 1.60. The van der Waals surface area contributed by atoms with E-state index in [1.54, 1.807) is 14.1 Å². The Morgan fingerprint density at radius 3 is 2.68 bits per heavy atom. The maximum absolute atomic E-state index is 15.6. The topological polar surface area (TPSA) is 100 Å². The summed E-state index contributed by atoms with van der Waals surface area (Å²) in [7, 11) is 3.10. The zero-order valence-corrected chi connectivity index (χ0v) is 20.2. The van der Waals surface area contributed by atoms with Crippen molar-refractivity contribution in [3.8, 4) is 11.1 Å². The third kappa shape index (κ3) is 3.34. The first-order valence-corrected chi connectivity index (χ1v) is 12.1. The van der Waals surface area contributed by atoms with Crippen LogP contribution in [0.4, 0.5) is 15.9 Å². The van der Waals surface area contributed by atoms with Crippen LogP contribution in [0.1, 0.15) is 54.4 Å². The molecule has 0 bridgehead atoms. The number of hydrogen-bond acceptors (Lipinski definition) is 5. The fourth-order valence-electron chi connectivity index (χ4n) is 6.04. The van der Waals surface area contributed by atoms with Crippen LogP contribution in [-0.4, -0.2) is 48.9 Å². The van der Waals surface area contributed by atoms with Gasteiger partial charge in [-0.3, -0.25) is 9.59 Å². The van der Waals surface area contributed by atoms with Gasteiger partial charge in [0.25, 0.3) is 5.91 Å². The number of carbonyl (C=O) groups excluding carboxylic acids is 2. The van der Waals surface area contributed by atoms with Crippen molar-refractivity contribution in [3.05, 3.63) is 40.3 Å². The van der Waals surface area contributed by atoms with Gasteiger partial charge in [-0.1, -0.05) is 18.0 Å². The number of fused-ring (bicyclic) bond motifs is 2. The lowest BCUT2D eigenvalue weighted by Crippen LogP contribution is -2.39. The van der Waals surface area contributed by atoms with Crippen molar-refractivity contribution < 1.29 is 14.0 Å². The molecular formula is C25H29ClFN5O2. The highest BCUT2D eigenvalue weighted by molar-refractivity contribution is 6.34. The lowest BCUT2D eigenvalue weighted by Gasteiger charge is -2.30. The number of pyridine rings is 1. The molecule has 2 spiro atoms. The second-order valence-electron chi connectivity index (χ2n) is 10.1. The molecular weight excluding hydrogens is 457 g/mol. The van der Waals surface area contributed by atoms with E-state index in [-0.39, 0.29) is 28.1 Å². The zero-order valence-electron chi connectivity index (χ0n) is 19.4. The van der Waals surface area contributed by atoms with Gasteiger partial charge >= 0.3 is 0 Å². The van der Waals surface area contributed by atoms with Crippen LogP contribution < -0.4 is 16.4 Å². The van der Waals surface area contributed by atoms with E-state index in [1.165, 1.54) is 23.2 Å². The average Bonchev–Trinajstić information content (AvgIpc) is 3.30. The molecule has 180 valence electrons. The number of benzene rings is 1. The number of nitrogens with two attached hydrogens (primary N) is 1. The Kier molecular flexibility index (Phi) is 5.47. The molecule has 4 N–H and O–H groups in total. The second kappa shape index (κ2) is 8.12. The lowest BCUT2D eigenvalue weighted by molar-refractivity contribution is -0.130. The number of carbonyl (C=O) groups is 2. The molecule has 3 aliphatic rings. The van der Waals surface area contributed by atoms with Crippen LogP contribution in [-0.2, 0) is 10.2 Å². The minimum Gasteiger partial charge on any atom is -0.398 e. The summed E-state index contributed by atoms with van der Waals surface area (Å²) >= 11 is 6.99. The van der Waals surface area contributed by atoms with E-state index in [4.69, 9.17) is 17.3 Å². The number of halogens is 2. The summed E-state index contributed by atoms with van der Waals surface area (Å²) in [6, 6.07) is 3.06. The first-order valence-electron chi connectivity index (χ1n) is 11.7. The first-order chi connectivity index (χ1) is 16.2. The molecule has 2 atom stereocenters. The number of anilines is 2. The Labute approximate surface area is 203 Å². The van der Waals surface area contributed by atoms with Crippen LogP contribution >= 0.6 is 11.6 Å². The van der Waals surface area contributed by atoms with Crippen molar-refractivity contribution in [1.82, 2.24) is 15.2 Å². The number of amides is 2. The Bertz CT molecular complexity index is 1200. The van der Waals surface area contributed by atoms with Crippen molar-refractivity contribution in [2.45, 2.75) is 43.9 Å². The molecule has 1 saturated carbocycles. The van der Waals surface area contributed by atoms with Crippen molar-refractivity contribution in [1.29, 1.82) is 0 Å². The van der Waals surface area contributed by atoms with Gasteiger partial charge in [-0.05, 0) is 44.2 Å². The second-order valence-corrected chi connectivity index (χ2v) is 10.5. The summed E-state index contributed by atoms with van der Waals surface area (Å²) in [6.45, 7) is 1.36. The zero-order chi connectivity index (χ0) is 24.3. The quantitative estimate of drug-likeness (QED) is 0.559. The Morgan fingerprint density at radius 2 is 1.91 bits per heavy atom. The molecule has 1 aromatic heterocycles. The highest BCUT2D eigenvalue weighted by Gasteiger charge is 2.56. The highest BCUT2D eigenvalue weighted by atomic mass is 35.5. The molecule has 0 radical (unpaired) electrons. The van der Waals surface area contributed by atoms with Crippen molar-refractivity contribution in [2.24, 2.45) is 5.41 Å². The van der Waals surface area contributed by atoms with E-state index >= 15 is 4.39 Å². The summed E-state index contributed by atoms with van der Waals surface area (Å²) < 4.78 is 15.6. The standard InChI is InChI=1S/C25H29ClFN5O2/c1-32(2)22(33)17-16(28)6-5-14(20(17)27)15-11-30-21-18(19(15)26)25(13-31-21)9-8-24(12-25)7-3-4-10-29-23(24)34/h5-6,11H,3-4,7-10,12-13,28H2,1-2H3,(H,29,34)(H,30,31)/t24-,25-/m0/s1. The molecule has 3 heterocycles. The maximum Gasteiger partial charge on any atom is 0.258 e. The molecule has 34 heavy (non-hydrogen) atoms. The predicted octanol–water partition coefficient (Wildman–Crippen LogP) is 3.96. The van der Waals surface area contributed by atoms with Gasteiger partial charge in [-0.15, -0.1) is 0 Å². The van der Waals surface area contributed by atoms with Crippen molar-refractivity contribution >= 4 is 34.9 Å². The fraction of sp³-hybridized carbons (Fsp3) is 0.480. The summed E-state index contributed by atoms with van der Waals surface area (Å²) in [4.78, 5) is 31.5. The molecule has 2 fully saturated rings. The van der Waals surface area contributed by atoms with E-state index in [0.717, 1.165) is 44.2 Å². The van der Waals surface area contributed by atoms with Gasteiger partial charge in [-0.2, -0.15) is 0 Å². The normalized spacial score (nSPS) is 25.7. The Hall–Kier alpha value is -2.87. The van der Waals surface area contributed by atoms with Crippen LogP contribution in [0.2, 0.25) is 5.02 Å². The van der Waals surface area contributed by atoms with Gasteiger partial charge < -0.3 is 21.3 Å². The number of nitrogens with zero attached hydrogens (tertiary/aromatic N) is 2. The van der Waals surface area contributed by atoms with E-state index < -0.39 is 17.1 Å². The number of rotatable bonds is 2. The van der Waals surface area contributed by atoms with E-state index in [1.807, 2.05) is 0 Å². The highest BCUT2D eigenvalue weighted by Crippen LogP contribution is 2.59. The summed E-state index contributed by atoms with van der Waals surface area (Å²) in [6.07, 6.45) is 6.69. The van der Waals surface area contributed by atoms with Crippen LogP contribution in [0.5, 0.6) is 0 Å². The Morgan fingerprint density at radius 1 is 1.15 bits per heavy atom. The number of hydrogen-bond donors (Lipinski definition) is 3. The minimum atomic E-state index is -0.714. The lowest BCUT2D eigenvalue weighted by atomic mass is 9.74. The van der Waals surface area contributed by atoms with Gasteiger partial charge in [0, 0.05) is 61.2 Å². The smallest absolute Gasteiger partial charge is 0.258 e. The number of aromatic nitrogens is 1. The number of nitrogens with one attached hydrogen (secondary N) is 2. The monoisotopic (exact) mass is 485 g/mol. The fourth-order valence-corrected chi connectivity index (χ4v) is 6.48. The summed E-state index contributed by atoms with van der Waals surface area (Å²) in [5.41, 5.74) is 6.54. The minimum absolute atomic E-state index is 0.0699. The SMILES string of the molecule is CN(C)C(=O)c1c(N)ccc(-c2cnc3c(c2Cl)[C@]2(CC[C@@]4(CCCCNC4=O)C2)CN3)c1F. The van der Waals surface area contributed by atoms with Crippen LogP contribution in [0.15, 0.2) is 18.3 Å². The van der Waals surface area contributed by atoms with Gasteiger partial charge in [0.1, 0.15) is 11.6 Å². The summed E-state index contributed by atoms with van der Waals surface area (Å²) in [5, 5.41) is 6.87. The molecule has 5 rings (SSSR count). The molecule has 2 aromatic rings. The van der Waals surface area contributed by atoms with E-state index in [0.29, 0.717) is 29.4 Å². The van der Waals surface area contributed by atoms with E-state index in [9.17, 15) is 9.59 Å². The third-order valence-corrected chi connectivity index (χ3v) is 8.23. The molecule has 2 aliphatic heterocycles. The van der Waals surface area contributed by atoms with Crippen molar-refractivity contribution in [2.75, 3.05) is 38.2 Å². The largest absolute Gasteiger partial charge is 0.398 e. The molecule has 1 saturated heterocycles. The van der Waals surface area contributed by atoms with Gasteiger partial charge in [0.15, 0.2) is 0 Å². The summed E-state index contributed by atoms with van der Waals surface area (Å²) in [5.74, 6) is -0.419. The van der Waals surface area contributed by atoms with Crippen LogP contribution in [0.3, 0.4) is 0 Å². The van der Waals surface area contributed by atoms with Gasteiger partial charge in [-0.25, -0.2) is 9.37 Å². The number of nitrogen functional groups attached to an aromatic ring is 1. The maximum atomic E-state index is 15.6. The molecule has 1 aromatic carbocycles. The molecule has 0 unspecified atom stereocenters. The van der Waals surface area contributed by atoms with E-state index in [2.05, 4.69) is 15.6 Å².